The SMILES string of the molecule is CCC1CN(CC(=O)OC(C)C)CCC1=O. The average molecular weight is 227 g/mol. The number of hydrogen-bond donors (Lipinski definition) is 0. The number of carbonyl (C=O) groups is 2. The van der Waals surface area contributed by atoms with E-state index in [0.717, 1.165) is 6.42 Å². The van der Waals surface area contributed by atoms with Gasteiger partial charge in [-0.1, -0.05) is 6.92 Å². The summed E-state index contributed by atoms with van der Waals surface area (Å²) in [5.74, 6) is 0.232. The lowest BCUT2D eigenvalue weighted by Crippen LogP contribution is -2.43. The molecule has 4 heteroatoms. The number of ketones is 1. The fourth-order valence-corrected chi connectivity index (χ4v) is 1.96. The van der Waals surface area contributed by atoms with Gasteiger partial charge in [0.05, 0.1) is 12.6 Å². The van der Waals surface area contributed by atoms with Crippen molar-refractivity contribution >= 4 is 11.8 Å². The molecule has 92 valence electrons. The molecule has 1 atom stereocenters. The molecule has 16 heavy (non-hydrogen) atoms. The molecule has 0 bridgehead atoms. The van der Waals surface area contributed by atoms with Crippen molar-refractivity contribution in [2.24, 2.45) is 5.92 Å². The highest BCUT2D eigenvalue weighted by Gasteiger charge is 2.27. The zero-order valence-electron chi connectivity index (χ0n) is 10.4. The number of hydrogen-bond acceptors (Lipinski definition) is 4. The van der Waals surface area contributed by atoms with Crippen LogP contribution in [0.4, 0.5) is 0 Å². The highest BCUT2D eigenvalue weighted by molar-refractivity contribution is 5.82. The maximum Gasteiger partial charge on any atom is 0.320 e. The summed E-state index contributed by atoms with van der Waals surface area (Å²) in [6.07, 6.45) is 1.35. The molecule has 0 aromatic carbocycles. The number of carbonyl (C=O) groups excluding carboxylic acids is 2. The number of ether oxygens (including phenoxy) is 1. The van der Waals surface area contributed by atoms with Crippen molar-refractivity contribution in [1.29, 1.82) is 0 Å². The smallest absolute Gasteiger partial charge is 0.320 e. The van der Waals surface area contributed by atoms with Gasteiger partial charge in [0.25, 0.3) is 0 Å². The third-order valence-corrected chi connectivity index (χ3v) is 2.82. The van der Waals surface area contributed by atoms with Crippen molar-refractivity contribution in [3.05, 3.63) is 0 Å². The molecule has 1 heterocycles. The molecule has 1 aliphatic heterocycles. The summed E-state index contributed by atoms with van der Waals surface area (Å²) >= 11 is 0. The molecule has 1 saturated heterocycles. The Balaban J connectivity index is 2.38. The molecule has 1 aliphatic rings. The third kappa shape index (κ3) is 3.93. The van der Waals surface area contributed by atoms with Crippen LogP contribution in [-0.2, 0) is 14.3 Å². The summed E-state index contributed by atoms with van der Waals surface area (Å²) in [6, 6.07) is 0. The van der Waals surface area contributed by atoms with Crippen LogP contribution >= 0.6 is 0 Å². The van der Waals surface area contributed by atoms with Crippen LogP contribution in [0, 0.1) is 5.92 Å². The molecule has 0 N–H and O–H groups in total. The average Bonchev–Trinajstić information content (AvgIpc) is 2.19. The minimum Gasteiger partial charge on any atom is -0.462 e. The second-order valence-corrected chi connectivity index (χ2v) is 4.60. The van der Waals surface area contributed by atoms with Crippen LogP contribution in [0.1, 0.15) is 33.6 Å². The summed E-state index contributed by atoms with van der Waals surface area (Å²) in [7, 11) is 0. The van der Waals surface area contributed by atoms with E-state index in [1.165, 1.54) is 0 Å². The third-order valence-electron chi connectivity index (χ3n) is 2.82. The molecule has 0 spiro atoms. The normalized spacial score (nSPS) is 22.5. The molecular weight excluding hydrogens is 206 g/mol. The van der Waals surface area contributed by atoms with Gasteiger partial charge < -0.3 is 4.74 Å². The second kappa shape index (κ2) is 5.99. The fraction of sp³-hybridized carbons (Fsp3) is 0.833. The minimum absolute atomic E-state index is 0.0686. The topological polar surface area (TPSA) is 46.6 Å². The Hall–Kier alpha value is -0.900. The number of esters is 1. The lowest BCUT2D eigenvalue weighted by atomic mass is 9.94. The summed E-state index contributed by atoms with van der Waals surface area (Å²) in [5.41, 5.74) is 0. The van der Waals surface area contributed by atoms with Gasteiger partial charge in [0.15, 0.2) is 0 Å². The number of likely N-dealkylation sites (tertiary alicyclic amines) is 1. The molecule has 1 unspecified atom stereocenters. The highest BCUT2D eigenvalue weighted by Crippen LogP contribution is 2.15. The Morgan fingerprint density at radius 2 is 2.25 bits per heavy atom. The molecule has 1 fully saturated rings. The number of Topliss-reactive ketones (excluding diaryl/α,β-unsaturated/α-hetero) is 1. The number of piperidine rings is 1. The van der Waals surface area contributed by atoms with Crippen molar-refractivity contribution in [1.82, 2.24) is 4.90 Å². The van der Waals surface area contributed by atoms with Crippen molar-refractivity contribution in [2.45, 2.75) is 39.7 Å². The van der Waals surface area contributed by atoms with Crippen LogP contribution in [0.15, 0.2) is 0 Å². The first-order chi connectivity index (χ1) is 7.52. The Bertz CT molecular complexity index is 263. The van der Waals surface area contributed by atoms with E-state index >= 15 is 0 Å². The van der Waals surface area contributed by atoms with E-state index in [-0.39, 0.29) is 18.0 Å². The Morgan fingerprint density at radius 3 is 2.81 bits per heavy atom. The molecule has 0 aliphatic carbocycles. The summed E-state index contributed by atoms with van der Waals surface area (Å²) in [5, 5.41) is 0. The van der Waals surface area contributed by atoms with E-state index in [0.29, 0.717) is 31.8 Å². The van der Waals surface area contributed by atoms with Crippen LogP contribution in [-0.4, -0.2) is 42.4 Å². The molecule has 0 aromatic heterocycles. The number of rotatable bonds is 4. The van der Waals surface area contributed by atoms with E-state index in [4.69, 9.17) is 4.74 Å². The van der Waals surface area contributed by atoms with Gasteiger partial charge in [0.2, 0.25) is 0 Å². The fourth-order valence-electron chi connectivity index (χ4n) is 1.96. The zero-order valence-corrected chi connectivity index (χ0v) is 10.4. The lowest BCUT2D eigenvalue weighted by molar-refractivity contribution is -0.150. The first kappa shape index (κ1) is 13.2. The standard InChI is InChI=1S/C12H21NO3/c1-4-10-7-13(6-5-11(10)14)8-12(15)16-9(2)3/h9-10H,4-8H2,1-3H3. The zero-order chi connectivity index (χ0) is 12.1. The largest absolute Gasteiger partial charge is 0.462 e. The van der Waals surface area contributed by atoms with Crippen LogP contribution in [0.3, 0.4) is 0 Å². The van der Waals surface area contributed by atoms with Gasteiger partial charge in [-0.15, -0.1) is 0 Å². The molecule has 0 amide bonds. The lowest BCUT2D eigenvalue weighted by Gasteiger charge is -2.30. The van der Waals surface area contributed by atoms with Crippen LogP contribution in [0.5, 0.6) is 0 Å². The molecule has 0 radical (unpaired) electrons. The van der Waals surface area contributed by atoms with Crippen molar-refractivity contribution in [3.63, 3.8) is 0 Å². The van der Waals surface area contributed by atoms with Crippen molar-refractivity contribution in [3.8, 4) is 0 Å². The summed E-state index contributed by atoms with van der Waals surface area (Å²) in [6.45, 7) is 7.38. The predicted octanol–water partition coefficient (Wildman–Crippen LogP) is 1.24. The van der Waals surface area contributed by atoms with E-state index in [1.807, 2.05) is 25.7 Å². The van der Waals surface area contributed by atoms with Crippen molar-refractivity contribution in [2.75, 3.05) is 19.6 Å². The Kier molecular flexibility index (Phi) is 4.93. The van der Waals surface area contributed by atoms with Crippen LogP contribution in [0.2, 0.25) is 0 Å². The van der Waals surface area contributed by atoms with Crippen LogP contribution in [0.25, 0.3) is 0 Å². The van der Waals surface area contributed by atoms with Crippen molar-refractivity contribution < 1.29 is 14.3 Å². The van der Waals surface area contributed by atoms with Gasteiger partial charge in [-0.25, -0.2) is 0 Å². The van der Waals surface area contributed by atoms with Gasteiger partial charge in [-0.2, -0.15) is 0 Å². The molecule has 1 rings (SSSR count). The van der Waals surface area contributed by atoms with E-state index in [1.54, 1.807) is 0 Å². The summed E-state index contributed by atoms with van der Waals surface area (Å²) in [4.78, 5) is 25.0. The quantitative estimate of drug-likeness (QED) is 0.678. The first-order valence-corrected chi connectivity index (χ1v) is 5.97. The highest BCUT2D eigenvalue weighted by atomic mass is 16.5. The maximum absolute atomic E-state index is 11.5. The maximum atomic E-state index is 11.5. The van der Waals surface area contributed by atoms with Gasteiger partial charge in [-0.3, -0.25) is 14.5 Å². The van der Waals surface area contributed by atoms with Gasteiger partial charge in [0.1, 0.15) is 5.78 Å². The molecule has 0 aromatic rings. The molecule has 0 saturated carbocycles. The van der Waals surface area contributed by atoms with E-state index < -0.39 is 0 Å². The van der Waals surface area contributed by atoms with Crippen LogP contribution < -0.4 is 0 Å². The summed E-state index contributed by atoms with van der Waals surface area (Å²) < 4.78 is 5.08. The van der Waals surface area contributed by atoms with E-state index in [2.05, 4.69) is 0 Å². The molecule has 4 nitrogen and oxygen atoms in total. The monoisotopic (exact) mass is 227 g/mol. The van der Waals surface area contributed by atoms with Gasteiger partial charge >= 0.3 is 5.97 Å². The Morgan fingerprint density at radius 1 is 1.56 bits per heavy atom. The molecular formula is C12H21NO3. The number of nitrogens with zero attached hydrogens (tertiary/aromatic N) is 1. The Labute approximate surface area is 96.9 Å². The van der Waals surface area contributed by atoms with Gasteiger partial charge in [-0.05, 0) is 20.3 Å². The van der Waals surface area contributed by atoms with Gasteiger partial charge in [0, 0.05) is 25.4 Å². The first-order valence-electron chi connectivity index (χ1n) is 5.97. The minimum atomic E-state index is -0.195. The second-order valence-electron chi connectivity index (χ2n) is 4.60. The predicted molar refractivity (Wildman–Crippen MR) is 61.1 cm³/mol. The van der Waals surface area contributed by atoms with E-state index in [9.17, 15) is 9.59 Å².